The number of aromatic amines is 1. The molecule has 1 atom stereocenters. The van der Waals surface area contributed by atoms with Crippen LogP contribution in [0.1, 0.15) is 24.0 Å². The molecule has 2 aromatic rings. The second-order valence-electron chi connectivity index (χ2n) is 4.43. The third kappa shape index (κ3) is 3.06. The molecule has 1 aromatic heterocycles. The molecule has 0 radical (unpaired) electrons. The summed E-state index contributed by atoms with van der Waals surface area (Å²) in [4.78, 5) is 25.4. The van der Waals surface area contributed by atoms with E-state index in [1.807, 2.05) is 30.3 Å². The highest BCUT2D eigenvalue weighted by molar-refractivity contribution is 5.76. The molecule has 0 saturated carbocycles. The van der Waals surface area contributed by atoms with Gasteiger partial charge in [0.05, 0.1) is 5.92 Å². The number of carbonyl (C=O) groups is 1. The third-order valence-electron chi connectivity index (χ3n) is 3.01. The van der Waals surface area contributed by atoms with E-state index in [1.54, 1.807) is 6.07 Å². The Balaban J connectivity index is 2.27. The maximum Gasteiger partial charge on any atom is 0.310 e. The van der Waals surface area contributed by atoms with Gasteiger partial charge in [-0.25, -0.2) is 0 Å². The number of H-pyrrole nitrogens is 1. The molecule has 1 aromatic carbocycles. The van der Waals surface area contributed by atoms with Crippen LogP contribution in [-0.4, -0.2) is 16.1 Å². The number of pyridine rings is 1. The van der Waals surface area contributed by atoms with E-state index in [0.717, 1.165) is 5.56 Å². The van der Waals surface area contributed by atoms with Gasteiger partial charge in [0, 0.05) is 11.8 Å². The van der Waals surface area contributed by atoms with Crippen molar-refractivity contribution in [2.45, 2.75) is 19.4 Å². The zero-order valence-corrected chi connectivity index (χ0v) is 11.0. The van der Waals surface area contributed by atoms with Crippen LogP contribution in [0, 0.1) is 0 Å². The van der Waals surface area contributed by atoms with Gasteiger partial charge in [-0.1, -0.05) is 30.3 Å². The van der Waals surface area contributed by atoms with E-state index in [1.165, 1.54) is 13.1 Å². The van der Waals surface area contributed by atoms with Crippen LogP contribution in [0.2, 0.25) is 0 Å². The molecular weight excluding hydrogens is 258 g/mol. The summed E-state index contributed by atoms with van der Waals surface area (Å²) in [6, 6.07) is 10.9. The summed E-state index contributed by atoms with van der Waals surface area (Å²) in [5, 5.41) is 9.07. The molecule has 0 amide bonds. The molecule has 5 heteroatoms. The van der Waals surface area contributed by atoms with Gasteiger partial charge >= 0.3 is 5.97 Å². The van der Waals surface area contributed by atoms with E-state index >= 15 is 0 Å². The second-order valence-corrected chi connectivity index (χ2v) is 4.43. The second kappa shape index (κ2) is 6.06. The molecule has 2 N–H and O–H groups in total. The molecule has 0 bridgehead atoms. The van der Waals surface area contributed by atoms with Crippen molar-refractivity contribution >= 4 is 5.97 Å². The number of rotatable bonds is 5. The Morgan fingerprint density at radius 1 is 1.30 bits per heavy atom. The van der Waals surface area contributed by atoms with Crippen molar-refractivity contribution in [3.05, 3.63) is 64.1 Å². The average Bonchev–Trinajstić information content (AvgIpc) is 2.46. The van der Waals surface area contributed by atoms with Gasteiger partial charge in [-0.05, 0) is 18.6 Å². The minimum Gasteiger partial charge on any atom is -0.483 e. The highest BCUT2D eigenvalue weighted by Crippen LogP contribution is 2.23. The molecule has 20 heavy (non-hydrogen) atoms. The zero-order valence-electron chi connectivity index (χ0n) is 11.0. The van der Waals surface area contributed by atoms with Crippen molar-refractivity contribution in [1.82, 2.24) is 4.98 Å². The van der Waals surface area contributed by atoms with Crippen molar-refractivity contribution in [2.24, 2.45) is 0 Å². The van der Waals surface area contributed by atoms with Crippen LogP contribution in [-0.2, 0) is 11.4 Å². The average molecular weight is 273 g/mol. The van der Waals surface area contributed by atoms with Crippen LogP contribution in [0.5, 0.6) is 5.75 Å². The number of carboxylic acid groups (broad SMARTS) is 1. The van der Waals surface area contributed by atoms with E-state index in [4.69, 9.17) is 9.84 Å². The SMILES string of the molecule is CC(C(=O)O)c1cc[nH]c(=O)c1OCc1ccccc1. The van der Waals surface area contributed by atoms with Gasteiger partial charge in [-0.2, -0.15) is 0 Å². The highest BCUT2D eigenvalue weighted by Gasteiger charge is 2.20. The topological polar surface area (TPSA) is 79.4 Å². The van der Waals surface area contributed by atoms with Crippen LogP contribution in [0.3, 0.4) is 0 Å². The van der Waals surface area contributed by atoms with Crippen molar-refractivity contribution in [1.29, 1.82) is 0 Å². The monoisotopic (exact) mass is 273 g/mol. The number of nitrogens with one attached hydrogen (secondary N) is 1. The van der Waals surface area contributed by atoms with E-state index in [2.05, 4.69) is 4.98 Å². The Bertz CT molecular complexity index is 648. The fourth-order valence-electron chi connectivity index (χ4n) is 1.83. The first-order chi connectivity index (χ1) is 9.59. The van der Waals surface area contributed by atoms with Gasteiger partial charge in [-0.3, -0.25) is 9.59 Å². The predicted molar refractivity (Wildman–Crippen MR) is 73.9 cm³/mol. The lowest BCUT2D eigenvalue weighted by atomic mass is 10.0. The van der Waals surface area contributed by atoms with Crippen LogP contribution in [0.25, 0.3) is 0 Å². The Morgan fingerprint density at radius 2 is 2.00 bits per heavy atom. The number of benzene rings is 1. The number of aliphatic carboxylic acids is 1. The molecule has 1 unspecified atom stereocenters. The first-order valence-electron chi connectivity index (χ1n) is 6.20. The quantitative estimate of drug-likeness (QED) is 0.874. The minimum atomic E-state index is -1.000. The standard InChI is InChI=1S/C15H15NO4/c1-10(15(18)19)12-7-8-16-14(17)13(12)20-9-11-5-3-2-4-6-11/h2-8,10H,9H2,1H3,(H,16,17)(H,18,19). The van der Waals surface area contributed by atoms with E-state index in [-0.39, 0.29) is 12.4 Å². The smallest absolute Gasteiger partial charge is 0.310 e. The Labute approximate surface area is 115 Å². The predicted octanol–water partition coefficient (Wildman–Crippen LogP) is 2.14. The number of carboxylic acids is 1. The van der Waals surface area contributed by atoms with Crippen LogP contribution < -0.4 is 10.3 Å². The summed E-state index contributed by atoms with van der Waals surface area (Å²) >= 11 is 0. The summed E-state index contributed by atoms with van der Waals surface area (Å²) in [5.74, 6) is -1.74. The fourth-order valence-corrected chi connectivity index (χ4v) is 1.83. The Hall–Kier alpha value is -2.56. The summed E-state index contributed by atoms with van der Waals surface area (Å²) in [7, 11) is 0. The van der Waals surface area contributed by atoms with E-state index in [0.29, 0.717) is 5.56 Å². The minimum absolute atomic E-state index is 0.0613. The van der Waals surface area contributed by atoms with Crippen molar-refractivity contribution < 1.29 is 14.6 Å². The Kier molecular flexibility index (Phi) is 4.20. The Morgan fingerprint density at radius 3 is 2.65 bits per heavy atom. The van der Waals surface area contributed by atoms with Gasteiger partial charge in [0.2, 0.25) is 0 Å². The van der Waals surface area contributed by atoms with E-state index in [9.17, 15) is 9.59 Å². The fraction of sp³-hybridized carbons (Fsp3) is 0.200. The summed E-state index contributed by atoms with van der Waals surface area (Å²) in [6.45, 7) is 1.74. The van der Waals surface area contributed by atoms with Gasteiger partial charge in [0.1, 0.15) is 6.61 Å². The van der Waals surface area contributed by atoms with Crippen LogP contribution in [0.4, 0.5) is 0 Å². The van der Waals surface area contributed by atoms with Gasteiger partial charge in [-0.15, -0.1) is 0 Å². The number of hydrogen-bond donors (Lipinski definition) is 2. The lowest BCUT2D eigenvalue weighted by molar-refractivity contribution is -0.138. The molecule has 5 nitrogen and oxygen atoms in total. The molecule has 104 valence electrons. The van der Waals surface area contributed by atoms with E-state index < -0.39 is 17.4 Å². The molecule has 2 rings (SSSR count). The van der Waals surface area contributed by atoms with Gasteiger partial charge in [0.25, 0.3) is 5.56 Å². The maximum absolute atomic E-state index is 11.8. The van der Waals surface area contributed by atoms with Crippen molar-refractivity contribution in [3.63, 3.8) is 0 Å². The first kappa shape index (κ1) is 13.9. The molecule has 0 aliphatic rings. The normalized spacial score (nSPS) is 11.8. The summed E-state index contributed by atoms with van der Waals surface area (Å²) in [6.07, 6.45) is 1.42. The molecule has 0 fully saturated rings. The number of hydrogen-bond acceptors (Lipinski definition) is 3. The molecular formula is C15H15NO4. The summed E-state index contributed by atoms with van der Waals surface area (Å²) in [5.41, 5.74) is 0.855. The van der Waals surface area contributed by atoms with Crippen molar-refractivity contribution in [3.8, 4) is 5.75 Å². The number of ether oxygens (including phenoxy) is 1. The van der Waals surface area contributed by atoms with Gasteiger partial charge < -0.3 is 14.8 Å². The number of aromatic nitrogens is 1. The molecule has 0 saturated heterocycles. The first-order valence-corrected chi connectivity index (χ1v) is 6.20. The lowest BCUT2D eigenvalue weighted by Gasteiger charge is -2.13. The largest absolute Gasteiger partial charge is 0.483 e. The molecule has 0 aliphatic heterocycles. The third-order valence-corrected chi connectivity index (χ3v) is 3.01. The molecule has 0 spiro atoms. The highest BCUT2D eigenvalue weighted by atomic mass is 16.5. The van der Waals surface area contributed by atoms with Crippen LogP contribution in [0.15, 0.2) is 47.4 Å². The molecule has 0 aliphatic carbocycles. The molecule has 1 heterocycles. The zero-order chi connectivity index (χ0) is 14.5. The lowest BCUT2D eigenvalue weighted by Crippen LogP contribution is -2.17. The maximum atomic E-state index is 11.8. The van der Waals surface area contributed by atoms with Crippen molar-refractivity contribution in [2.75, 3.05) is 0 Å². The summed E-state index contributed by atoms with van der Waals surface area (Å²) < 4.78 is 5.52. The van der Waals surface area contributed by atoms with Crippen LogP contribution >= 0.6 is 0 Å². The van der Waals surface area contributed by atoms with Gasteiger partial charge in [0.15, 0.2) is 5.75 Å².